The summed E-state index contributed by atoms with van der Waals surface area (Å²) in [5.74, 6) is 3.05. The van der Waals surface area contributed by atoms with Gasteiger partial charge in [-0.2, -0.15) is 4.98 Å². The monoisotopic (exact) mass is 998 g/mol. The molecule has 0 bridgehead atoms. The summed E-state index contributed by atoms with van der Waals surface area (Å²) in [4.78, 5) is 24.7. The molecule has 384 valence electrons. The molecule has 0 spiro atoms. The van der Waals surface area contributed by atoms with Crippen molar-refractivity contribution in [3.63, 3.8) is 0 Å². The summed E-state index contributed by atoms with van der Waals surface area (Å²) >= 11 is 0. The Morgan fingerprint density at radius 1 is 0.347 bits per heavy atom. The molecule has 0 saturated carbocycles. The highest BCUT2D eigenvalue weighted by atomic mass is 15.2. The van der Waals surface area contributed by atoms with E-state index in [1.165, 1.54) is 33.4 Å². The van der Waals surface area contributed by atoms with Gasteiger partial charge in [-0.3, -0.25) is 14.7 Å². The summed E-state index contributed by atoms with van der Waals surface area (Å²) in [6.45, 7) is 11.1. The Morgan fingerprint density at radius 2 is 0.720 bits per heavy atom. The van der Waals surface area contributed by atoms with E-state index in [4.69, 9.17) is 22.2 Å². The van der Waals surface area contributed by atoms with E-state index < -0.39 is 0 Å². The number of hydrogen-bond donors (Lipinski definition) is 6. The molecule has 13 nitrogen and oxygen atoms in total. The lowest BCUT2D eigenvalue weighted by Crippen LogP contribution is -2.18. The number of aryl methyl sites for hydroxylation is 3. The fourth-order valence-electron chi connectivity index (χ4n) is 8.23. The van der Waals surface area contributed by atoms with Crippen LogP contribution in [0.1, 0.15) is 50.3 Å². The molecule has 0 saturated heterocycles. The second-order valence-electron chi connectivity index (χ2n) is 19.1. The zero-order valence-corrected chi connectivity index (χ0v) is 44.1. The third kappa shape index (κ3) is 19.1. The summed E-state index contributed by atoms with van der Waals surface area (Å²) in [6.07, 6.45) is 0. The maximum atomic E-state index is 6.07. The molecule has 9 N–H and O–H groups in total. The summed E-state index contributed by atoms with van der Waals surface area (Å²) < 4.78 is 0. The topological polar surface area (TPSA) is 175 Å². The summed E-state index contributed by atoms with van der Waals surface area (Å²) in [6, 6.07) is 65.4. The number of rotatable bonds is 18. The van der Waals surface area contributed by atoms with Gasteiger partial charge >= 0.3 is 0 Å². The van der Waals surface area contributed by atoms with Crippen LogP contribution >= 0.6 is 0 Å². The van der Waals surface area contributed by atoms with Crippen molar-refractivity contribution in [2.75, 3.05) is 54.3 Å². The van der Waals surface area contributed by atoms with E-state index in [1.807, 2.05) is 91.0 Å². The van der Waals surface area contributed by atoms with Crippen LogP contribution in [0.5, 0.6) is 0 Å². The number of anilines is 9. The molecule has 9 aromatic rings. The van der Waals surface area contributed by atoms with Crippen LogP contribution in [0.3, 0.4) is 0 Å². The molecule has 0 fully saturated rings. The number of nitrogens with zero attached hydrogens (tertiary/aromatic N) is 7. The molecule has 0 radical (unpaired) electrons. The highest BCUT2D eigenvalue weighted by Crippen LogP contribution is 2.22. The lowest BCUT2D eigenvalue weighted by molar-refractivity contribution is 0.315. The van der Waals surface area contributed by atoms with Crippen molar-refractivity contribution in [1.82, 2.24) is 34.6 Å². The van der Waals surface area contributed by atoms with Crippen molar-refractivity contribution in [3.05, 3.63) is 244 Å². The second kappa shape index (κ2) is 27.4. The van der Waals surface area contributed by atoms with Gasteiger partial charge in [0.15, 0.2) is 0 Å². The number of aromatic nitrogens is 4. The summed E-state index contributed by atoms with van der Waals surface area (Å²) in [5, 5.41) is 9.87. The molecule has 13 heteroatoms. The third-order valence-corrected chi connectivity index (χ3v) is 11.8. The van der Waals surface area contributed by atoms with Crippen LogP contribution < -0.4 is 33.2 Å². The van der Waals surface area contributed by atoms with Crippen LogP contribution in [0.4, 0.5) is 52.0 Å². The average molecular weight is 998 g/mol. The van der Waals surface area contributed by atoms with Crippen LogP contribution in [0.25, 0.3) is 0 Å². The largest absolute Gasteiger partial charge is 0.399 e. The molecular weight excluding hydrogens is 927 g/mol. The lowest BCUT2D eigenvalue weighted by atomic mass is 10.2. The van der Waals surface area contributed by atoms with Crippen LogP contribution in [-0.4, -0.2) is 55.8 Å². The van der Waals surface area contributed by atoms with Gasteiger partial charge in [0.25, 0.3) is 0 Å². The van der Waals surface area contributed by atoms with E-state index in [9.17, 15) is 0 Å². The molecule has 6 aromatic carbocycles. The van der Waals surface area contributed by atoms with Crippen molar-refractivity contribution in [3.8, 4) is 0 Å². The highest BCUT2D eigenvalue weighted by Gasteiger charge is 2.10. The maximum Gasteiger partial charge on any atom is 0.229 e. The predicted octanol–water partition coefficient (Wildman–Crippen LogP) is 12.4. The zero-order chi connectivity index (χ0) is 52.9. The molecule has 0 aliphatic heterocycles. The number of nitrogens with one attached hydrogen (secondary N) is 3. The Morgan fingerprint density at radius 3 is 1.17 bits per heavy atom. The minimum absolute atomic E-state index is 0.465. The van der Waals surface area contributed by atoms with Gasteiger partial charge in [-0.1, -0.05) is 144 Å². The van der Waals surface area contributed by atoms with E-state index in [-0.39, 0.29) is 0 Å². The normalized spacial score (nSPS) is 10.8. The Labute approximate surface area is 443 Å². The van der Waals surface area contributed by atoms with E-state index in [2.05, 4.69) is 191 Å². The van der Waals surface area contributed by atoms with Gasteiger partial charge in [-0.15, -0.1) is 0 Å². The fraction of sp³-hybridized carbons (Fsp3) is 0.194. The molecule has 0 unspecified atom stereocenters. The second-order valence-corrected chi connectivity index (χ2v) is 19.1. The summed E-state index contributed by atoms with van der Waals surface area (Å²) in [7, 11) is 6.26. The van der Waals surface area contributed by atoms with Gasteiger partial charge in [0, 0.05) is 74.2 Å². The smallest absolute Gasteiger partial charge is 0.229 e. The van der Waals surface area contributed by atoms with Crippen LogP contribution in [0.15, 0.2) is 194 Å². The zero-order valence-electron chi connectivity index (χ0n) is 44.1. The molecule has 0 amide bonds. The maximum absolute atomic E-state index is 6.07. The van der Waals surface area contributed by atoms with Crippen LogP contribution in [0, 0.1) is 20.8 Å². The minimum Gasteiger partial charge on any atom is -0.399 e. The summed E-state index contributed by atoms with van der Waals surface area (Å²) in [5.41, 5.74) is 32.2. The predicted molar refractivity (Wildman–Crippen MR) is 312 cm³/mol. The van der Waals surface area contributed by atoms with Crippen molar-refractivity contribution in [2.45, 2.75) is 60.0 Å². The Kier molecular flexibility index (Phi) is 19.8. The number of benzene rings is 6. The van der Waals surface area contributed by atoms with E-state index >= 15 is 0 Å². The molecule has 0 aliphatic rings. The Balaban J connectivity index is 0.000000164. The van der Waals surface area contributed by atoms with Gasteiger partial charge in [-0.25, -0.2) is 15.0 Å². The number of pyridine rings is 2. The average Bonchev–Trinajstić information content (AvgIpc) is 3.37. The first-order chi connectivity index (χ1) is 36.2. The molecule has 3 heterocycles. The number of nitrogen functional groups attached to an aromatic ring is 3. The molecular formula is C62H71N13. The standard InChI is InChI=1S/2C21H24N4.C20H23N5/c1-16-8-10-19(11-9-16)23-21-13-18(22)12-20(24-21)15-25(2)14-17-6-4-3-5-7-17;1-16-8-10-19(11-9-16)23-21-13-18(12-20(22)24-21)15-25(2)14-17-6-4-3-5-7-17;1-15-8-10-17(11-9-15)22-20-23-18(12-19(21)24-20)14-25(2)13-16-6-4-3-5-7-16/h2*3-13H,14-15H2,1-2H3,(H3,22,23,24);3-12H,13-14H2,1-2H3,(H3,21,22,23,24). The first-order valence-corrected chi connectivity index (χ1v) is 25.1. The number of nitrogens with two attached hydrogens (primary N) is 3. The lowest BCUT2D eigenvalue weighted by Gasteiger charge is -2.18. The van der Waals surface area contributed by atoms with Crippen LogP contribution in [0.2, 0.25) is 0 Å². The van der Waals surface area contributed by atoms with Crippen molar-refractivity contribution in [2.24, 2.45) is 0 Å². The number of hydrogen-bond acceptors (Lipinski definition) is 13. The van der Waals surface area contributed by atoms with Crippen molar-refractivity contribution in [1.29, 1.82) is 0 Å². The van der Waals surface area contributed by atoms with E-state index in [1.54, 1.807) is 0 Å². The van der Waals surface area contributed by atoms with Crippen LogP contribution in [-0.2, 0) is 39.3 Å². The molecule has 0 aliphatic carbocycles. The molecule has 0 atom stereocenters. The van der Waals surface area contributed by atoms with Gasteiger partial charge in [0.2, 0.25) is 5.95 Å². The molecule has 3 aromatic heterocycles. The van der Waals surface area contributed by atoms with Gasteiger partial charge in [0.1, 0.15) is 23.3 Å². The first kappa shape index (κ1) is 54.2. The molecule has 75 heavy (non-hydrogen) atoms. The van der Waals surface area contributed by atoms with Gasteiger partial charge < -0.3 is 33.2 Å². The van der Waals surface area contributed by atoms with Crippen molar-refractivity contribution >= 4 is 52.0 Å². The van der Waals surface area contributed by atoms with Crippen molar-refractivity contribution < 1.29 is 0 Å². The van der Waals surface area contributed by atoms with E-state index in [0.29, 0.717) is 29.8 Å². The Hall–Kier alpha value is -8.62. The highest BCUT2D eigenvalue weighted by molar-refractivity contribution is 5.61. The Bertz CT molecular complexity index is 2780. The first-order valence-electron chi connectivity index (χ1n) is 25.1. The third-order valence-electron chi connectivity index (χ3n) is 11.8. The quantitative estimate of drug-likeness (QED) is 0.0479. The SMILES string of the molecule is Cc1ccc(Nc2cc(CN(C)Cc3ccccc3)cc(N)n2)cc1.Cc1ccc(Nc2cc(N)cc(CN(C)Cc3ccccc3)n2)cc1.Cc1ccc(Nc2nc(N)cc(CN(C)Cc3ccccc3)n2)cc1. The van der Waals surface area contributed by atoms with Gasteiger partial charge in [0.05, 0.1) is 11.4 Å². The minimum atomic E-state index is 0.465. The molecule has 9 rings (SSSR count). The fourth-order valence-corrected chi connectivity index (χ4v) is 8.23. The van der Waals surface area contributed by atoms with Gasteiger partial charge in [-0.05, 0) is 119 Å². The van der Waals surface area contributed by atoms with E-state index in [0.717, 1.165) is 78.4 Å².